The third-order valence-corrected chi connectivity index (χ3v) is 7.94. The lowest BCUT2D eigenvalue weighted by molar-refractivity contribution is 0.153. The number of benzene rings is 2. The van der Waals surface area contributed by atoms with E-state index in [2.05, 4.69) is 0 Å². The highest BCUT2D eigenvalue weighted by Crippen LogP contribution is 2.27. The Bertz CT molecular complexity index is 1070. The summed E-state index contributed by atoms with van der Waals surface area (Å²) in [6.07, 6.45) is 1.10. The van der Waals surface area contributed by atoms with E-state index in [1.165, 1.54) is 41.6 Å². The summed E-state index contributed by atoms with van der Waals surface area (Å²) in [7, 11) is -3.69. The van der Waals surface area contributed by atoms with E-state index >= 15 is 0 Å². The number of urea groups is 1. The number of hydrogen-bond donors (Lipinski definition) is 0. The highest BCUT2D eigenvalue weighted by atomic mass is 32.2. The lowest BCUT2D eigenvalue weighted by Crippen LogP contribution is -2.47. The molecule has 0 N–H and O–H groups in total. The van der Waals surface area contributed by atoms with Crippen molar-refractivity contribution >= 4 is 16.1 Å². The molecule has 4 rings (SSSR count). The first-order valence-corrected chi connectivity index (χ1v) is 11.8. The second kappa shape index (κ2) is 8.55. The molecule has 2 aliphatic heterocycles. The average molecular weight is 450 g/mol. The number of carbonyl (C=O) groups is 1. The van der Waals surface area contributed by atoms with Gasteiger partial charge in [-0.1, -0.05) is 12.1 Å². The minimum Gasteiger partial charge on any atom is -0.320 e. The lowest BCUT2D eigenvalue weighted by Gasteiger charge is -2.36. The predicted molar refractivity (Wildman–Crippen MR) is 112 cm³/mol. The average Bonchev–Trinajstić information content (AvgIpc) is 3.12. The minimum absolute atomic E-state index is 0.0212. The van der Waals surface area contributed by atoms with Crippen LogP contribution in [0.5, 0.6) is 0 Å². The van der Waals surface area contributed by atoms with E-state index < -0.39 is 15.8 Å². The number of sulfonamides is 1. The highest BCUT2D eigenvalue weighted by molar-refractivity contribution is 7.89. The van der Waals surface area contributed by atoms with Crippen LogP contribution in [0.4, 0.5) is 13.6 Å². The summed E-state index contributed by atoms with van der Waals surface area (Å²) >= 11 is 0. The molecule has 0 spiro atoms. The Morgan fingerprint density at radius 2 is 1.65 bits per heavy atom. The molecule has 0 aromatic heterocycles. The van der Waals surface area contributed by atoms with Crippen LogP contribution in [0.15, 0.2) is 47.4 Å². The van der Waals surface area contributed by atoms with E-state index in [1.807, 2.05) is 4.90 Å². The molecular formula is C22H25F2N3O3S. The number of hydrogen-bond acceptors (Lipinski definition) is 3. The van der Waals surface area contributed by atoms with Gasteiger partial charge in [0.2, 0.25) is 10.0 Å². The Hall–Kier alpha value is -2.52. The highest BCUT2D eigenvalue weighted by Gasteiger charge is 2.37. The number of nitrogens with zero attached hydrogens (tertiary/aromatic N) is 3. The van der Waals surface area contributed by atoms with Crippen molar-refractivity contribution in [3.63, 3.8) is 0 Å². The standard InChI is InChI=1S/C22H25F2N3O3S/c1-16-14-20(6-7-21(16)24)31(29,30)26-10-8-19(9-11-26)27-13-12-25(22(27)28)15-17-2-4-18(23)5-3-17/h2-7,14,19H,8-13,15H2,1H3. The maximum Gasteiger partial charge on any atom is 0.320 e. The summed E-state index contributed by atoms with van der Waals surface area (Å²) in [6.45, 7) is 3.76. The normalized spacial score (nSPS) is 18.7. The topological polar surface area (TPSA) is 60.9 Å². The number of amides is 2. The maximum atomic E-state index is 13.5. The molecule has 0 saturated carbocycles. The molecule has 2 amide bonds. The van der Waals surface area contributed by atoms with Crippen LogP contribution in [0.25, 0.3) is 0 Å². The fourth-order valence-corrected chi connectivity index (χ4v) is 5.77. The van der Waals surface area contributed by atoms with Crippen LogP contribution >= 0.6 is 0 Å². The molecule has 0 bridgehead atoms. The first kappa shape index (κ1) is 21.7. The number of halogens is 2. The molecular weight excluding hydrogens is 424 g/mol. The van der Waals surface area contributed by atoms with Crippen molar-refractivity contribution < 1.29 is 22.0 Å². The zero-order chi connectivity index (χ0) is 22.2. The summed E-state index contributed by atoms with van der Waals surface area (Å²) in [6, 6.07) is 9.84. The second-order valence-corrected chi connectivity index (χ2v) is 10.0. The first-order valence-electron chi connectivity index (χ1n) is 10.3. The SMILES string of the molecule is Cc1cc(S(=O)(=O)N2CCC(N3CCN(Cc4ccc(F)cc4)C3=O)CC2)ccc1F. The maximum absolute atomic E-state index is 13.5. The van der Waals surface area contributed by atoms with Crippen LogP contribution in [-0.4, -0.2) is 60.8 Å². The number of carbonyl (C=O) groups excluding carboxylic acids is 1. The summed E-state index contributed by atoms with van der Waals surface area (Å²) in [4.78, 5) is 16.5. The number of aryl methyl sites for hydroxylation is 1. The molecule has 2 heterocycles. The Balaban J connectivity index is 1.37. The van der Waals surface area contributed by atoms with Gasteiger partial charge in [0.1, 0.15) is 11.6 Å². The van der Waals surface area contributed by atoms with Gasteiger partial charge in [-0.15, -0.1) is 0 Å². The zero-order valence-electron chi connectivity index (χ0n) is 17.3. The van der Waals surface area contributed by atoms with Gasteiger partial charge in [0.05, 0.1) is 4.90 Å². The third-order valence-electron chi connectivity index (χ3n) is 6.05. The molecule has 2 aromatic carbocycles. The summed E-state index contributed by atoms with van der Waals surface area (Å²) in [5, 5.41) is 0. The van der Waals surface area contributed by atoms with Gasteiger partial charge in [-0.05, 0) is 61.2 Å². The molecule has 2 saturated heterocycles. The van der Waals surface area contributed by atoms with E-state index in [0.717, 1.165) is 5.56 Å². The Kier molecular flexibility index (Phi) is 5.98. The van der Waals surface area contributed by atoms with Gasteiger partial charge in [0, 0.05) is 38.8 Å². The van der Waals surface area contributed by atoms with Crippen LogP contribution in [0.2, 0.25) is 0 Å². The molecule has 2 aliphatic rings. The summed E-state index contributed by atoms with van der Waals surface area (Å²) < 4.78 is 53.8. The molecule has 2 fully saturated rings. The smallest absolute Gasteiger partial charge is 0.320 e. The van der Waals surface area contributed by atoms with Crippen molar-refractivity contribution in [2.45, 2.75) is 37.2 Å². The molecule has 166 valence electrons. The summed E-state index contributed by atoms with van der Waals surface area (Å²) in [5.74, 6) is -0.744. The van der Waals surface area contributed by atoms with Crippen molar-refractivity contribution in [2.75, 3.05) is 26.2 Å². The molecule has 0 atom stereocenters. The van der Waals surface area contributed by atoms with Crippen molar-refractivity contribution in [1.29, 1.82) is 0 Å². The first-order chi connectivity index (χ1) is 14.8. The van der Waals surface area contributed by atoms with E-state index in [9.17, 15) is 22.0 Å². The largest absolute Gasteiger partial charge is 0.320 e. The van der Waals surface area contributed by atoms with Gasteiger partial charge < -0.3 is 9.80 Å². The van der Waals surface area contributed by atoms with Crippen LogP contribution in [0, 0.1) is 18.6 Å². The van der Waals surface area contributed by atoms with Gasteiger partial charge in [-0.3, -0.25) is 0 Å². The number of piperidine rings is 1. The van der Waals surface area contributed by atoms with Crippen LogP contribution < -0.4 is 0 Å². The van der Waals surface area contributed by atoms with Crippen molar-refractivity contribution in [2.24, 2.45) is 0 Å². The monoisotopic (exact) mass is 449 g/mol. The van der Waals surface area contributed by atoms with E-state index in [4.69, 9.17) is 0 Å². The quantitative estimate of drug-likeness (QED) is 0.703. The van der Waals surface area contributed by atoms with Crippen molar-refractivity contribution in [3.8, 4) is 0 Å². The fourth-order valence-electron chi connectivity index (χ4n) is 4.22. The Morgan fingerprint density at radius 3 is 2.29 bits per heavy atom. The Morgan fingerprint density at radius 1 is 0.968 bits per heavy atom. The van der Waals surface area contributed by atoms with Crippen molar-refractivity contribution in [1.82, 2.24) is 14.1 Å². The predicted octanol–water partition coefficient (Wildman–Crippen LogP) is 3.36. The Labute approximate surface area is 181 Å². The third kappa shape index (κ3) is 4.43. The molecule has 0 radical (unpaired) electrons. The van der Waals surface area contributed by atoms with Gasteiger partial charge in [-0.25, -0.2) is 22.0 Å². The van der Waals surface area contributed by atoms with Gasteiger partial charge in [0.15, 0.2) is 0 Å². The van der Waals surface area contributed by atoms with Crippen LogP contribution in [-0.2, 0) is 16.6 Å². The van der Waals surface area contributed by atoms with Gasteiger partial charge >= 0.3 is 6.03 Å². The number of rotatable bonds is 5. The zero-order valence-corrected chi connectivity index (χ0v) is 18.1. The van der Waals surface area contributed by atoms with Gasteiger partial charge in [-0.2, -0.15) is 4.31 Å². The molecule has 9 heteroatoms. The fraction of sp³-hybridized carbons (Fsp3) is 0.409. The van der Waals surface area contributed by atoms with E-state index in [0.29, 0.717) is 51.1 Å². The minimum atomic E-state index is -3.69. The lowest BCUT2D eigenvalue weighted by atomic mass is 10.1. The van der Waals surface area contributed by atoms with Crippen LogP contribution in [0.3, 0.4) is 0 Å². The van der Waals surface area contributed by atoms with Crippen LogP contribution in [0.1, 0.15) is 24.0 Å². The second-order valence-electron chi connectivity index (χ2n) is 8.07. The molecule has 31 heavy (non-hydrogen) atoms. The summed E-state index contributed by atoms with van der Waals surface area (Å²) in [5.41, 5.74) is 1.16. The van der Waals surface area contributed by atoms with Gasteiger partial charge in [0.25, 0.3) is 0 Å². The van der Waals surface area contributed by atoms with E-state index in [1.54, 1.807) is 17.0 Å². The molecule has 6 nitrogen and oxygen atoms in total. The van der Waals surface area contributed by atoms with Crippen molar-refractivity contribution in [3.05, 3.63) is 65.2 Å². The molecule has 0 aliphatic carbocycles. The molecule has 0 unspecified atom stereocenters. The van der Waals surface area contributed by atoms with E-state index in [-0.39, 0.29) is 22.8 Å². The molecule has 2 aromatic rings.